The van der Waals surface area contributed by atoms with Gasteiger partial charge in [0.1, 0.15) is 17.6 Å². The number of allylic oxidation sites excluding steroid dienone is 1. The highest BCUT2D eigenvalue weighted by molar-refractivity contribution is 6.13. The number of imidazole rings is 1. The largest absolute Gasteiger partial charge is 0.496 e. The molecule has 3 heterocycles. The van der Waals surface area contributed by atoms with Crippen molar-refractivity contribution in [1.29, 1.82) is 0 Å². The zero-order chi connectivity index (χ0) is 22.5. The van der Waals surface area contributed by atoms with Crippen LogP contribution < -0.4 is 15.0 Å². The SMILES string of the molecule is CNC(=O)/C=C1/CCc2c(OC)cccc2C1=O.c1nc(N2CCCC2)c2[nH]cnc2n1. The molecule has 2 N–H and O–H groups in total. The fourth-order valence-electron chi connectivity index (χ4n) is 4.06. The molecule has 0 radical (unpaired) electrons. The second-order valence-corrected chi connectivity index (χ2v) is 7.59. The first-order valence-electron chi connectivity index (χ1n) is 10.6. The predicted octanol–water partition coefficient (Wildman–Crippen LogP) is 2.45. The van der Waals surface area contributed by atoms with E-state index in [4.69, 9.17) is 4.74 Å². The first-order chi connectivity index (χ1) is 15.6. The van der Waals surface area contributed by atoms with Gasteiger partial charge in [0.05, 0.1) is 13.4 Å². The van der Waals surface area contributed by atoms with Gasteiger partial charge in [0.2, 0.25) is 5.91 Å². The fraction of sp³-hybridized carbons (Fsp3) is 0.348. The highest BCUT2D eigenvalue weighted by Crippen LogP contribution is 2.31. The monoisotopic (exact) mass is 434 g/mol. The van der Waals surface area contributed by atoms with E-state index in [1.807, 2.05) is 6.07 Å². The standard InChI is InChI=1S/C14H15NO3.C9H11N5/c1-15-13(16)8-9-6-7-10-11(14(9)17)4-3-5-12(10)18-2;1-2-4-14(3-1)9-7-8(11-5-10-7)12-6-13-9/h3-5,8H,6-7H2,1-2H3,(H,15,16);5-6H,1-4H2,(H,10,11,12,13)/b9-8-;. The van der Waals surface area contributed by atoms with Crippen molar-refractivity contribution in [3.63, 3.8) is 0 Å². The number of rotatable bonds is 3. The molecule has 166 valence electrons. The van der Waals surface area contributed by atoms with E-state index >= 15 is 0 Å². The van der Waals surface area contributed by atoms with Crippen LogP contribution in [-0.2, 0) is 11.2 Å². The Morgan fingerprint density at radius 1 is 1.19 bits per heavy atom. The molecule has 0 unspecified atom stereocenters. The summed E-state index contributed by atoms with van der Waals surface area (Å²) >= 11 is 0. The Morgan fingerprint density at radius 3 is 2.75 bits per heavy atom. The number of anilines is 1. The normalized spacial score (nSPS) is 16.5. The number of methoxy groups -OCH3 is 1. The summed E-state index contributed by atoms with van der Waals surface area (Å²) in [5, 5.41) is 2.49. The Kier molecular flexibility index (Phi) is 6.44. The van der Waals surface area contributed by atoms with Gasteiger partial charge in [-0.1, -0.05) is 12.1 Å². The second-order valence-electron chi connectivity index (χ2n) is 7.59. The molecule has 0 spiro atoms. The number of nitrogens with one attached hydrogen (secondary N) is 2. The molecule has 2 aliphatic rings. The van der Waals surface area contributed by atoms with Crippen molar-refractivity contribution in [2.24, 2.45) is 0 Å². The molecule has 1 fully saturated rings. The third-order valence-corrected chi connectivity index (χ3v) is 5.69. The number of likely N-dealkylation sites (N-methyl/N-ethyl adjacent to an activating group) is 1. The van der Waals surface area contributed by atoms with Crippen LogP contribution in [0, 0.1) is 0 Å². The summed E-state index contributed by atoms with van der Waals surface area (Å²) in [5.74, 6) is 1.40. The lowest BCUT2D eigenvalue weighted by Gasteiger charge is -2.19. The Bertz CT molecular complexity index is 1160. The van der Waals surface area contributed by atoms with Crippen molar-refractivity contribution in [1.82, 2.24) is 25.3 Å². The molecule has 0 bridgehead atoms. The van der Waals surface area contributed by atoms with Crippen LogP contribution in [0.15, 0.2) is 42.5 Å². The van der Waals surface area contributed by atoms with Crippen LogP contribution >= 0.6 is 0 Å². The number of ketones is 1. The number of hydrogen-bond acceptors (Lipinski definition) is 7. The smallest absolute Gasteiger partial charge is 0.244 e. The zero-order valence-corrected chi connectivity index (χ0v) is 18.2. The lowest BCUT2D eigenvalue weighted by atomic mass is 9.86. The summed E-state index contributed by atoms with van der Waals surface area (Å²) in [6.07, 6.45) is 8.41. The molecular formula is C23H26N6O3. The van der Waals surface area contributed by atoms with Gasteiger partial charge in [-0.15, -0.1) is 0 Å². The van der Waals surface area contributed by atoms with Crippen molar-refractivity contribution in [3.8, 4) is 5.75 Å². The number of benzene rings is 1. The molecule has 1 aliphatic carbocycles. The number of aromatic amines is 1. The molecule has 0 atom stereocenters. The number of nitrogens with zero attached hydrogens (tertiary/aromatic N) is 4. The van der Waals surface area contributed by atoms with Gasteiger partial charge in [0, 0.05) is 42.9 Å². The highest BCUT2D eigenvalue weighted by atomic mass is 16.5. The minimum atomic E-state index is -0.246. The first kappa shape index (κ1) is 21.5. The minimum absolute atomic E-state index is 0.0845. The van der Waals surface area contributed by atoms with Gasteiger partial charge in [-0.2, -0.15) is 0 Å². The number of H-pyrrole nitrogens is 1. The quantitative estimate of drug-likeness (QED) is 0.609. The number of hydrogen-bond donors (Lipinski definition) is 2. The number of fused-ring (bicyclic) bond motifs is 2. The first-order valence-corrected chi connectivity index (χ1v) is 10.6. The molecule has 0 saturated carbocycles. The third-order valence-electron chi connectivity index (χ3n) is 5.69. The van der Waals surface area contributed by atoms with Gasteiger partial charge in [-0.3, -0.25) is 9.59 Å². The van der Waals surface area contributed by atoms with Gasteiger partial charge in [-0.25, -0.2) is 15.0 Å². The number of carbonyl (C=O) groups excluding carboxylic acids is 2. The predicted molar refractivity (Wildman–Crippen MR) is 121 cm³/mol. The molecule has 9 heteroatoms. The molecular weight excluding hydrogens is 408 g/mol. The number of carbonyl (C=O) groups is 2. The van der Waals surface area contributed by atoms with Crippen LogP contribution in [0.4, 0.5) is 5.82 Å². The van der Waals surface area contributed by atoms with Crippen molar-refractivity contribution in [3.05, 3.63) is 53.6 Å². The van der Waals surface area contributed by atoms with Crippen molar-refractivity contribution >= 4 is 28.7 Å². The summed E-state index contributed by atoms with van der Waals surface area (Å²) in [6, 6.07) is 5.41. The van der Waals surface area contributed by atoms with E-state index < -0.39 is 0 Å². The molecule has 3 aromatic rings. The van der Waals surface area contributed by atoms with Crippen molar-refractivity contribution in [2.45, 2.75) is 25.7 Å². The summed E-state index contributed by atoms with van der Waals surface area (Å²) < 4.78 is 5.25. The molecule has 2 aromatic heterocycles. The van der Waals surface area contributed by atoms with E-state index in [0.717, 1.165) is 41.4 Å². The molecule has 5 rings (SSSR count). The Morgan fingerprint density at radius 2 is 2.00 bits per heavy atom. The van der Waals surface area contributed by atoms with Gasteiger partial charge in [0.15, 0.2) is 17.2 Å². The van der Waals surface area contributed by atoms with E-state index in [1.165, 1.54) is 18.9 Å². The molecule has 9 nitrogen and oxygen atoms in total. The number of ether oxygens (including phenoxy) is 1. The van der Waals surface area contributed by atoms with Crippen LogP contribution in [-0.4, -0.2) is 58.9 Å². The number of aromatic nitrogens is 4. The minimum Gasteiger partial charge on any atom is -0.496 e. The van der Waals surface area contributed by atoms with Crippen molar-refractivity contribution in [2.75, 3.05) is 32.1 Å². The maximum atomic E-state index is 12.2. The van der Waals surface area contributed by atoms with E-state index in [2.05, 4.69) is 30.2 Å². The third kappa shape index (κ3) is 4.32. The van der Waals surface area contributed by atoms with E-state index in [-0.39, 0.29) is 11.7 Å². The molecule has 1 saturated heterocycles. The van der Waals surface area contributed by atoms with Gasteiger partial charge < -0.3 is 19.9 Å². The Hall–Kier alpha value is -3.75. The van der Waals surface area contributed by atoms with E-state index in [1.54, 1.807) is 38.9 Å². The molecule has 32 heavy (non-hydrogen) atoms. The molecule has 1 aliphatic heterocycles. The molecule has 1 amide bonds. The summed E-state index contributed by atoms with van der Waals surface area (Å²) in [6.45, 7) is 2.18. The topological polar surface area (TPSA) is 113 Å². The van der Waals surface area contributed by atoms with Gasteiger partial charge in [-0.05, 0) is 31.7 Å². The van der Waals surface area contributed by atoms with Gasteiger partial charge >= 0.3 is 0 Å². The summed E-state index contributed by atoms with van der Waals surface area (Å²) in [4.78, 5) is 41.4. The summed E-state index contributed by atoms with van der Waals surface area (Å²) in [7, 11) is 3.14. The fourth-order valence-corrected chi connectivity index (χ4v) is 4.06. The Labute approximate surface area is 185 Å². The van der Waals surface area contributed by atoms with Crippen LogP contribution in [0.3, 0.4) is 0 Å². The van der Waals surface area contributed by atoms with Crippen LogP contribution in [0.2, 0.25) is 0 Å². The highest BCUT2D eigenvalue weighted by Gasteiger charge is 2.24. The lowest BCUT2D eigenvalue weighted by Crippen LogP contribution is -2.20. The maximum Gasteiger partial charge on any atom is 0.244 e. The van der Waals surface area contributed by atoms with Crippen LogP contribution in [0.25, 0.3) is 11.2 Å². The van der Waals surface area contributed by atoms with E-state index in [9.17, 15) is 9.59 Å². The lowest BCUT2D eigenvalue weighted by molar-refractivity contribution is -0.116. The second kappa shape index (κ2) is 9.59. The Balaban J connectivity index is 0.000000157. The van der Waals surface area contributed by atoms with Crippen molar-refractivity contribution < 1.29 is 14.3 Å². The zero-order valence-electron chi connectivity index (χ0n) is 18.2. The average Bonchev–Trinajstić information content (AvgIpc) is 3.53. The average molecular weight is 435 g/mol. The van der Waals surface area contributed by atoms with Gasteiger partial charge in [0.25, 0.3) is 0 Å². The van der Waals surface area contributed by atoms with E-state index in [0.29, 0.717) is 24.0 Å². The summed E-state index contributed by atoms with van der Waals surface area (Å²) in [5.41, 5.74) is 3.82. The van der Waals surface area contributed by atoms with Crippen LogP contribution in [0.5, 0.6) is 5.75 Å². The maximum absolute atomic E-state index is 12.2. The number of amides is 1. The van der Waals surface area contributed by atoms with Crippen LogP contribution in [0.1, 0.15) is 35.2 Å². The molecule has 1 aromatic carbocycles. The number of Topliss-reactive ketones (excluding diaryl/α,β-unsaturated/α-hetero) is 1.